The van der Waals surface area contributed by atoms with E-state index in [0.717, 1.165) is 6.07 Å². The number of nitrogens with zero attached hydrogens (tertiary/aromatic N) is 1. The maximum absolute atomic E-state index is 13.7. The molecule has 1 heterocycles. The van der Waals surface area contributed by atoms with Gasteiger partial charge >= 0.3 is 11.9 Å². The Balaban J connectivity index is 2.69. The van der Waals surface area contributed by atoms with Crippen LogP contribution >= 0.6 is 0 Å². The molecule has 1 aromatic heterocycles. The molecule has 0 spiro atoms. The van der Waals surface area contributed by atoms with E-state index >= 15 is 0 Å². The zero-order chi connectivity index (χ0) is 12.6. The minimum atomic E-state index is -1.35. The van der Waals surface area contributed by atoms with Gasteiger partial charge in [-0.1, -0.05) is 0 Å². The van der Waals surface area contributed by atoms with Crippen molar-refractivity contribution in [3.05, 3.63) is 29.2 Å². The molecule has 17 heavy (non-hydrogen) atoms. The first-order chi connectivity index (χ1) is 8.04. The van der Waals surface area contributed by atoms with Crippen LogP contribution in [0.15, 0.2) is 12.1 Å². The lowest BCUT2D eigenvalue weighted by Crippen LogP contribution is -2.02. The van der Waals surface area contributed by atoms with Gasteiger partial charge in [-0.05, 0) is 12.1 Å². The Morgan fingerprint density at radius 2 is 2.18 bits per heavy atom. The van der Waals surface area contributed by atoms with E-state index in [4.69, 9.17) is 5.11 Å². The van der Waals surface area contributed by atoms with Crippen LogP contribution in [0, 0.1) is 5.82 Å². The first-order valence-electron chi connectivity index (χ1n) is 4.54. The Morgan fingerprint density at radius 3 is 2.76 bits per heavy atom. The van der Waals surface area contributed by atoms with E-state index in [-0.39, 0.29) is 16.5 Å². The van der Waals surface area contributed by atoms with Crippen molar-refractivity contribution in [3.63, 3.8) is 0 Å². The first kappa shape index (κ1) is 11.1. The number of ether oxygens (including phenoxy) is 1. The number of carbonyl (C=O) groups is 2. The van der Waals surface area contributed by atoms with Gasteiger partial charge in [0.1, 0.15) is 5.82 Å². The Hall–Kier alpha value is -2.44. The molecule has 0 bridgehead atoms. The van der Waals surface area contributed by atoms with Crippen LogP contribution in [-0.4, -0.2) is 34.4 Å². The van der Waals surface area contributed by atoms with Crippen LogP contribution in [0.1, 0.15) is 20.8 Å². The number of carboxylic acids is 1. The summed E-state index contributed by atoms with van der Waals surface area (Å²) >= 11 is 0. The highest BCUT2D eigenvalue weighted by molar-refractivity contribution is 6.03. The molecule has 0 unspecified atom stereocenters. The second kappa shape index (κ2) is 3.85. The van der Waals surface area contributed by atoms with E-state index in [1.54, 1.807) is 0 Å². The summed E-state index contributed by atoms with van der Waals surface area (Å²) in [5.41, 5.74) is -0.310. The van der Waals surface area contributed by atoms with Crippen LogP contribution in [0.3, 0.4) is 0 Å². The molecular formula is C10H7FN2O4. The molecule has 1 aromatic carbocycles. The van der Waals surface area contributed by atoms with Gasteiger partial charge in [0.25, 0.3) is 0 Å². The number of benzene rings is 1. The number of aromatic nitrogens is 2. The quantitative estimate of drug-likeness (QED) is 0.766. The number of esters is 1. The molecule has 88 valence electrons. The number of carbonyl (C=O) groups excluding carboxylic acids is 1. The standard InChI is InChI=1S/C10H7FN2O4/c1-17-10(16)4-2-5(11)7-6(3-4)12-13-8(7)9(14)15/h2-3H,1H3,(H,12,13)(H,14,15). The number of carboxylic acid groups (broad SMARTS) is 1. The predicted molar refractivity (Wildman–Crippen MR) is 54.4 cm³/mol. The van der Waals surface area contributed by atoms with Gasteiger partial charge < -0.3 is 9.84 Å². The fraction of sp³-hybridized carbons (Fsp3) is 0.100. The van der Waals surface area contributed by atoms with Crippen LogP contribution in [-0.2, 0) is 4.74 Å². The molecule has 2 N–H and O–H groups in total. The second-order valence-electron chi connectivity index (χ2n) is 3.25. The Morgan fingerprint density at radius 1 is 1.47 bits per heavy atom. The van der Waals surface area contributed by atoms with Crippen LogP contribution < -0.4 is 0 Å². The van der Waals surface area contributed by atoms with Crippen LogP contribution in [0.2, 0.25) is 0 Å². The lowest BCUT2D eigenvalue weighted by Gasteiger charge is -2.00. The summed E-state index contributed by atoms with van der Waals surface area (Å²) in [6.07, 6.45) is 0. The highest BCUT2D eigenvalue weighted by atomic mass is 19.1. The molecule has 0 fully saturated rings. The van der Waals surface area contributed by atoms with Crippen molar-refractivity contribution >= 4 is 22.8 Å². The first-order valence-corrected chi connectivity index (χ1v) is 4.54. The molecular weight excluding hydrogens is 231 g/mol. The predicted octanol–water partition coefficient (Wildman–Crippen LogP) is 1.19. The summed E-state index contributed by atoms with van der Waals surface area (Å²) in [5, 5.41) is 14.4. The molecule has 6 nitrogen and oxygen atoms in total. The molecule has 0 radical (unpaired) electrons. The van der Waals surface area contributed by atoms with Gasteiger partial charge in [0.05, 0.1) is 23.6 Å². The minimum absolute atomic E-state index is 0.0157. The SMILES string of the molecule is COC(=O)c1cc(F)c2c(C(=O)O)n[nH]c2c1. The summed E-state index contributed by atoms with van der Waals surface area (Å²) in [6.45, 7) is 0. The average molecular weight is 238 g/mol. The second-order valence-corrected chi connectivity index (χ2v) is 3.25. The van der Waals surface area contributed by atoms with Gasteiger partial charge in [0.15, 0.2) is 5.69 Å². The highest BCUT2D eigenvalue weighted by Gasteiger charge is 2.19. The monoisotopic (exact) mass is 238 g/mol. The largest absolute Gasteiger partial charge is 0.476 e. The average Bonchev–Trinajstić information content (AvgIpc) is 2.72. The number of aromatic carboxylic acids is 1. The normalized spacial score (nSPS) is 10.5. The smallest absolute Gasteiger partial charge is 0.357 e. The Bertz CT molecular complexity index is 620. The van der Waals surface area contributed by atoms with Crippen molar-refractivity contribution in [2.24, 2.45) is 0 Å². The molecule has 0 aliphatic heterocycles. The third-order valence-electron chi connectivity index (χ3n) is 2.24. The maximum Gasteiger partial charge on any atom is 0.357 e. The number of nitrogens with one attached hydrogen (secondary N) is 1. The molecule has 0 saturated carbocycles. The maximum atomic E-state index is 13.7. The molecule has 0 atom stereocenters. The highest BCUT2D eigenvalue weighted by Crippen LogP contribution is 2.22. The van der Waals surface area contributed by atoms with E-state index in [0.29, 0.717) is 0 Å². The van der Waals surface area contributed by atoms with E-state index < -0.39 is 23.4 Å². The molecule has 7 heteroatoms. The third kappa shape index (κ3) is 1.71. The molecule has 0 amide bonds. The van der Waals surface area contributed by atoms with Crippen molar-refractivity contribution in [2.45, 2.75) is 0 Å². The van der Waals surface area contributed by atoms with Crippen LogP contribution in [0.25, 0.3) is 10.9 Å². The number of halogens is 1. The van der Waals surface area contributed by atoms with Gasteiger partial charge in [-0.3, -0.25) is 5.10 Å². The van der Waals surface area contributed by atoms with Gasteiger partial charge in [0.2, 0.25) is 0 Å². The number of rotatable bonds is 2. The number of hydrogen-bond acceptors (Lipinski definition) is 4. The molecule has 0 saturated heterocycles. The van der Waals surface area contributed by atoms with E-state index in [1.807, 2.05) is 0 Å². The van der Waals surface area contributed by atoms with Crippen LogP contribution in [0.5, 0.6) is 0 Å². The number of aromatic amines is 1. The van der Waals surface area contributed by atoms with Gasteiger partial charge in [-0.2, -0.15) is 5.10 Å². The molecule has 0 aliphatic carbocycles. The fourth-order valence-corrected chi connectivity index (χ4v) is 1.50. The number of fused-ring (bicyclic) bond motifs is 1. The molecule has 2 rings (SSSR count). The third-order valence-corrected chi connectivity index (χ3v) is 2.24. The van der Waals surface area contributed by atoms with Crippen molar-refractivity contribution in [1.29, 1.82) is 0 Å². The Kier molecular flexibility index (Phi) is 2.51. The lowest BCUT2D eigenvalue weighted by atomic mass is 10.1. The van der Waals surface area contributed by atoms with Crippen molar-refractivity contribution in [3.8, 4) is 0 Å². The molecule has 0 aliphatic rings. The molecule has 2 aromatic rings. The van der Waals surface area contributed by atoms with Crippen molar-refractivity contribution < 1.29 is 23.8 Å². The summed E-state index contributed by atoms with van der Waals surface area (Å²) < 4.78 is 18.1. The zero-order valence-electron chi connectivity index (χ0n) is 8.65. The number of methoxy groups -OCH3 is 1. The van der Waals surface area contributed by atoms with E-state index in [1.165, 1.54) is 13.2 Å². The number of hydrogen-bond donors (Lipinski definition) is 2. The van der Waals surface area contributed by atoms with Crippen molar-refractivity contribution in [2.75, 3.05) is 7.11 Å². The van der Waals surface area contributed by atoms with E-state index in [9.17, 15) is 14.0 Å². The Labute approximate surface area is 94.0 Å². The summed E-state index contributed by atoms with van der Waals surface area (Å²) in [6, 6.07) is 2.19. The number of H-pyrrole nitrogens is 1. The van der Waals surface area contributed by atoms with Crippen LogP contribution in [0.4, 0.5) is 4.39 Å². The topological polar surface area (TPSA) is 92.3 Å². The van der Waals surface area contributed by atoms with Gasteiger partial charge in [-0.15, -0.1) is 0 Å². The fourth-order valence-electron chi connectivity index (χ4n) is 1.50. The van der Waals surface area contributed by atoms with E-state index in [2.05, 4.69) is 14.9 Å². The summed E-state index contributed by atoms with van der Waals surface area (Å²) in [7, 11) is 1.17. The lowest BCUT2D eigenvalue weighted by molar-refractivity contribution is 0.0599. The van der Waals surface area contributed by atoms with Crippen molar-refractivity contribution in [1.82, 2.24) is 10.2 Å². The minimum Gasteiger partial charge on any atom is -0.476 e. The zero-order valence-corrected chi connectivity index (χ0v) is 8.65. The summed E-state index contributed by atoms with van der Waals surface area (Å²) in [5.74, 6) is -2.90. The summed E-state index contributed by atoms with van der Waals surface area (Å²) in [4.78, 5) is 22.0. The van der Waals surface area contributed by atoms with Gasteiger partial charge in [-0.25, -0.2) is 14.0 Å². The van der Waals surface area contributed by atoms with Gasteiger partial charge in [0, 0.05) is 0 Å².